The molecule has 1 fully saturated rings. The summed E-state index contributed by atoms with van der Waals surface area (Å²) in [5.74, 6) is 2.35. The van der Waals surface area contributed by atoms with Crippen LogP contribution in [0.25, 0.3) is 5.70 Å². The molecule has 0 bridgehead atoms. The van der Waals surface area contributed by atoms with Crippen LogP contribution >= 0.6 is 0 Å². The molecule has 8 nitrogen and oxygen atoms in total. The van der Waals surface area contributed by atoms with Gasteiger partial charge in [-0.2, -0.15) is 5.01 Å². The van der Waals surface area contributed by atoms with Gasteiger partial charge in [-0.1, -0.05) is 18.2 Å². The van der Waals surface area contributed by atoms with Crippen molar-refractivity contribution in [2.75, 3.05) is 32.6 Å². The summed E-state index contributed by atoms with van der Waals surface area (Å²) in [6, 6.07) is 14.0. The van der Waals surface area contributed by atoms with Gasteiger partial charge in [-0.05, 0) is 30.3 Å². The Balaban J connectivity index is 1.36. The number of benzene rings is 2. The number of hydrogen-bond donors (Lipinski definition) is 1. The fourth-order valence-electron chi connectivity index (χ4n) is 5.01. The first kappa shape index (κ1) is 19.9. The van der Waals surface area contributed by atoms with Gasteiger partial charge in [0.1, 0.15) is 19.0 Å². The van der Waals surface area contributed by atoms with E-state index in [1.807, 2.05) is 36.4 Å². The van der Waals surface area contributed by atoms with Crippen molar-refractivity contribution in [3.05, 3.63) is 59.7 Å². The quantitative estimate of drug-likeness (QED) is 0.745. The van der Waals surface area contributed by atoms with Gasteiger partial charge in [0.25, 0.3) is 0 Å². The summed E-state index contributed by atoms with van der Waals surface area (Å²) >= 11 is 0. The molecule has 0 unspecified atom stereocenters. The third-order valence-corrected chi connectivity index (χ3v) is 7.95. The van der Waals surface area contributed by atoms with E-state index in [4.69, 9.17) is 14.2 Å². The van der Waals surface area contributed by atoms with Crippen molar-refractivity contribution < 1.29 is 22.6 Å². The highest BCUT2D eigenvalue weighted by Crippen LogP contribution is 2.49. The fraction of sp³-hybridized carbons (Fsp3) is 0.391. The average molecular weight is 456 g/mol. The lowest BCUT2D eigenvalue weighted by atomic mass is 9.93. The molecule has 4 aliphatic heterocycles. The van der Waals surface area contributed by atoms with Crippen LogP contribution in [0.3, 0.4) is 0 Å². The van der Waals surface area contributed by atoms with Crippen LogP contribution in [-0.4, -0.2) is 56.0 Å². The maximum Gasteiger partial charge on any atom is 0.211 e. The maximum absolute atomic E-state index is 12.1. The first-order chi connectivity index (χ1) is 15.4. The van der Waals surface area contributed by atoms with Gasteiger partial charge in [-0.15, -0.1) is 0 Å². The number of rotatable bonds is 2. The van der Waals surface area contributed by atoms with Gasteiger partial charge < -0.3 is 19.6 Å². The second kappa shape index (κ2) is 7.13. The van der Waals surface area contributed by atoms with Gasteiger partial charge in [0.2, 0.25) is 10.0 Å². The molecular formula is C23H25N3O5S. The number of piperidine rings is 1. The van der Waals surface area contributed by atoms with Crippen molar-refractivity contribution in [3.8, 4) is 17.2 Å². The molecule has 1 saturated heterocycles. The van der Waals surface area contributed by atoms with Crippen LogP contribution in [0.5, 0.6) is 17.2 Å². The van der Waals surface area contributed by atoms with Gasteiger partial charge in [0, 0.05) is 37.1 Å². The first-order valence-corrected chi connectivity index (χ1v) is 12.7. The molecular weight excluding hydrogens is 430 g/mol. The highest BCUT2D eigenvalue weighted by molar-refractivity contribution is 7.88. The third-order valence-electron chi connectivity index (χ3n) is 6.65. The van der Waals surface area contributed by atoms with Crippen molar-refractivity contribution >= 4 is 15.7 Å². The molecule has 2 aromatic rings. The van der Waals surface area contributed by atoms with E-state index >= 15 is 0 Å². The van der Waals surface area contributed by atoms with Crippen LogP contribution in [0.1, 0.15) is 30.0 Å². The number of nitrogens with one attached hydrogen (secondary N) is 1. The summed E-state index contributed by atoms with van der Waals surface area (Å²) in [6.45, 7) is 1.94. The minimum Gasteiger partial charge on any atom is -0.486 e. The minimum absolute atomic E-state index is 0.0204. The number of ether oxygens (including phenoxy) is 3. The molecule has 0 aliphatic carbocycles. The summed E-state index contributed by atoms with van der Waals surface area (Å²) in [7, 11) is -3.23. The van der Waals surface area contributed by atoms with Crippen LogP contribution in [0.15, 0.2) is 48.5 Å². The molecule has 4 aliphatic rings. The molecule has 4 heterocycles. The molecule has 32 heavy (non-hydrogen) atoms. The largest absolute Gasteiger partial charge is 0.486 e. The summed E-state index contributed by atoms with van der Waals surface area (Å²) in [4.78, 5) is 0. The Kier molecular flexibility index (Phi) is 4.43. The predicted octanol–water partition coefficient (Wildman–Crippen LogP) is 2.50. The second-order valence-electron chi connectivity index (χ2n) is 8.61. The van der Waals surface area contributed by atoms with Crippen molar-refractivity contribution in [2.24, 2.45) is 0 Å². The lowest BCUT2D eigenvalue weighted by molar-refractivity contribution is -0.153. The average Bonchev–Trinajstić information content (AvgIpc) is 3.26. The fourth-order valence-corrected chi connectivity index (χ4v) is 5.85. The van der Waals surface area contributed by atoms with E-state index in [1.165, 1.54) is 10.6 Å². The summed E-state index contributed by atoms with van der Waals surface area (Å²) < 4.78 is 43.7. The Morgan fingerprint density at radius 3 is 2.53 bits per heavy atom. The zero-order valence-electron chi connectivity index (χ0n) is 17.8. The Labute approximate surface area is 187 Å². The molecule has 2 aromatic carbocycles. The molecule has 168 valence electrons. The standard InChI is InChI=1S/C23H25N3O5S/c1-32(27,28)25-10-8-23(9-11-25)26-19(17-4-2-3-5-20(17)31-23)15-18(24-26)16-6-7-21-22(14-16)30-13-12-29-21/h2-7,14-15,19,24H,8-13H2,1H3/t19-/m0/s1. The topological polar surface area (TPSA) is 80.3 Å². The summed E-state index contributed by atoms with van der Waals surface area (Å²) in [6.07, 6.45) is 4.61. The highest BCUT2D eigenvalue weighted by Gasteiger charge is 2.52. The molecule has 9 heteroatoms. The first-order valence-electron chi connectivity index (χ1n) is 10.8. The van der Waals surface area contributed by atoms with E-state index in [0.717, 1.165) is 34.1 Å². The van der Waals surface area contributed by atoms with E-state index in [-0.39, 0.29) is 6.04 Å². The smallest absolute Gasteiger partial charge is 0.211 e. The molecule has 0 aromatic heterocycles. The van der Waals surface area contributed by atoms with Crippen molar-refractivity contribution in [1.29, 1.82) is 0 Å². The summed E-state index contributed by atoms with van der Waals surface area (Å²) in [5.41, 5.74) is 6.00. The number of fused-ring (bicyclic) bond motifs is 5. The van der Waals surface area contributed by atoms with Crippen LogP contribution in [0, 0.1) is 0 Å². The Morgan fingerprint density at radius 1 is 1.00 bits per heavy atom. The minimum atomic E-state index is -3.23. The van der Waals surface area contributed by atoms with E-state index in [9.17, 15) is 8.42 Å². The van der Waals surface area contributed by atoms with Gasteiger partial charge in [-0.25, -0.2) is 12.7 Å². The number of nitrogens with zero attached hydrogens (tertiary/aromatic N) is 2. The summed E-state index contributed by atoms with van der Waals surface area (Å²) in [5, 5.41) is 2.15. The van der Waals surface area contributed by atoms with E-state index in [1.54, 1.807) is 0 Å². The number of hydrazine groups is 1. The normalized spacial score (nSPS) is 24.2. The Bertz CT molecular complexity index is 1200. The predicted molar refractivity (Wildman–Crippen MR) is 119 cm³/mol. The number of sulfonamides is 1. The molecule has 0 saturated carbocycles. The maximum atomic E-state index is 12.1. The van der Waals surface area contributed by atoms with Crippen molar-refractivity contribution in [1.82, 2.24) is 14.7 Å². The zero-order chi connectivity index (χ0) is 21.9. The van der Waals surface area contributed by atoms with Crippen LogP contribution in [-0.2, 0) is 10.0 Å². The second-order valence-corrected chi connectivity index (χ2v) is 10.6. The Morgan fingerprint density at radius 2 is 1.75 bits per heavy atom. The third kappa shape index (κ3) is 3.15. The van der Waals surface area contributed by atoms with E-state index in [0.29, 0.717) is 39.1 Å². The van der Waals surface area contributed by atoms with Crippen molar-refractivity contribution in [2.45, 2.75) is 24.6 Å². The number of hydrogen-bond acceptors (Lipinski definition) is 7. The van der Waals surface area contributed by atoms with Gasteiger partial charge in [0.05, 0.1) is 18.0 Å². The lowest BCUT2D eigenvalue weighted by Crippen LogP contribution is -2.64. The SMILES string of the molecule is CS(=O)(=O)N1CCC2(CC1)Oc1ccccc1[C@@H]1C=C(c3ccc4c(c3)OCCO4)NN12. The van der Waals surface area contributed by atoms with Crippen LogP contribution in [0.4, 0.5) is 0 Å². The molecule has 1 N–H and O–H groups in total. The molecule has 0 amide bonds. The highest BCUT2D eigenvalue weighted by atomic mass is 32.2. The molecule has 1 atom stereocenters. The molecule has 6 rings (SSSR count). The Hall–Kier alpha value is -2.75. The number of para-hydroxylation sites is 1. The van der Waals surface area contributed by atoms with E-state index in [2.05, 4.69) is 22.6 Å². The van der Waals surface area contributed by atoms with Gasteiger partial charge in [-0.3, -0.25) is 0 Å². The molecule has 1 spiro atoms. The zero-order valence-corrected chi connectivity index (χ0v) is 18.6. The van der Waals surface area contributed by atoms with Crippen LogP contribution < -0.4 is 19.6 Å². The van der Waals surface area contributed by atoms with Gasteiger partial charge in [0.15, 0.2) is 17.2 Å². The van der Waals surface area contributed by atoms with E-state index < -0.39 is 15.7 Å². The van der Waals surface area contributed by atoms with Gasteiger partial charge >= 0.3 is 0 Å². The molecule has 0 radical (unpaired) electrons. The van der Waals surface area contributed by atoms with Crippen molar-refractivity contribution in [3.63, 3.8) is 0 Å². The van der Waals surface area contributed by atoms with Crippen LogP contribution in [0.2, 0.25) is 0 Å². The monoisotopic (exact) mass is 455 g/mol. The lowest BCUT2D eigenvalue weighted by Gasteiger charge is -2.51.